The second-order valence-electron chi connectivity index (χ2n) is 4.74. The van der Waals surface area contributed by atoms with Gasteiger partial charge in [-0.25, -0.2) is 9.59 Å². The van der Waals surface area contributed by atoms with Crippen molar-refractivity contribution in [2.45, 2.75) is 0 Å². The molecule has 0 aliphatic rings. The van der Waals surface area contributed by atoms with Gasteiger partial charge in [-0.05, 0) is 35.3 Å². The van der Waals surface area contributed by atoms with Crippen LogP contribution >= 0.6 is 0 Å². The molecule has 130 valence electrons. The van der Waals surface area contributed by atoms with Crippen molar-refractivity contribution in [2.24, 2.45) is 10.2 Å². The van der Waals surface area contributed by atoms with Gasteiger partial charge in [-0.3, -0.25) is 0 Å². The third-order valence-corrected chi connectivity index (χ3v) is 3.08. The molecule has 2 aromatic rings. The molecule has 0 atom stereocenters. The van der Waals surface area contributed by atoms with Crippen LogP contribution in [-0.4, -0.2) is 25.2 Å². The van der Waals surface area contributed by atoms with E-state index in [9.17, 15) is 9.59 Å². The first-order valence-electron chi connectivity index (χ1n) is 7.28. The number of hydrogen-bond donors (Lipinski definition) is 0. The number of azide groups is 2. The third kappa shape index (κ3) is 5.27. The van der Waals surface area contributed by atoms with Gasteiger partial charge in [-0.15, -0.1) is 0 Å². The Kier molecular flexibility index (Phi) is 6.58. The lowest BCUT2D eigenvalue weighted by atomic mass is 10.2. The summed E-state index contributed by atoms with van der Waals surface area (Å²) in [5.74, 6) is -1.18. The van der Waals surface area contributed by atoms with Crippen LogP contribution in [-0.2, 0) is 9.47 Å². The largest absolute Gasteiger partial charge is 0.458 e. The van der Waals surface area contributed by atoms with Crippen LogP contribution in [0.5, 0.6) is 0 Å². The van der Waals surface area contributed by atoms with E-state index in [-0.39, 0.29) is 24.3 Å². The van der Waals surface area contributed by atoms with Crippen LogP contribution in [0.3, 0.4) is 0 Å². The Morgan fingerprint density at radius 1 is 0.731 bits per heavy atom. The Morgan fingerprint density at radius 2 is 1.08 bits per heavy atom. The molecule has 0 spiro atoms. The zero-order valence-corrected chi connectivity index (χ0v) is 13.3. The molecule has 10 heteroatoms. The minimum Gasteiger partial charge on any atom is -0.458 e. The quantitative estimate of drug-likeness (QED) is 0.235. The van der Waals surface area contributed by atoms with Gasteiger partial charge in [0.15, 0.2) is 0 Å². The number of benzene rings is 2. The Morgan fingerprint density at radius 3 is 1.38 bits per heavy atom. The van der Waals surface area contributed by atoms with E-state index in [0.29, 0.717) is 11.4 Å². The molecule has 0 N–H and O–H groups in total. The molecule has 0 bridgehead atoms. The summed E-state index contributed by atoms with van der Waals surface area (Å²) in [6.07, 6.45) is 0. The summed E-state index contributed by atoms with van der Waals surface area (Å²) in [6, 6.07) is 11.8. The second-order valence-corrected chi connectivity index (χ2v) is 4.74. The van der Waals surface area contributed by atoms with Crippen molar-refractivity contribution in [2.75, 3.05) is 13.2 Å². The first kappa shape index (κ1) is 18.3. The van der Waals surface area contributed by atoms with E-state index in [4.69, 9.17) is 20.5 Å². The fourth-order valence-corrected chi connectivity index (χ4v) is 1.87. The number of nitrogens with zero attached hydrogens (tertiary/aromatic N) is 6. The van der Waals surface area contributed by atoms with Gasteiger partial charge in [0.2, 0.25) is 0 Å². The molecule has 2 rings (SSSR count). The summed E-state index contributed by atoms with van der Waals surface area (Å²) in [5.41, 5.74) is 17.9. The van der Waals surface area contributed by atoms with Crippen LogP contribution in [0.1, 0.15) is 20.7 Å². The number of carbonyl (C=O) groups is 2. The van der Waals surface area contributed by atoms with Crippen molar-refractivity contribution in [3.8, 4) is 0 Å². The summed E-state index contributed by atoms with van der Waals surface area (Å²) in [7, 11) is 0. The Balaban J connectivity index is 1.78. The van der Waals surface area contributed by atoms with E-state index in [1.54, 1.807) is 0 Å². The molecule has 0 amide bonds. The minimum absolute atomic E-state index is 0.112. The first-order chi connectivity index (χ1) is 12.6. The highest BCUT2D eigenvalue weighted by Crippen LogP contribution is 2.15. The van der Waals surface area contributed by atoms with Crippen molar-refractivity contribution < 1.29 is 19.1 Å². The van der Waals surface area contributed by atoms with Crippen molar-refractivity contribution in [1.29, 1.82) is 0 Å². The molecule has 0 saturated heterocycles. The zero-order valence-electron chi connectivity index (χ0n) is 13.3. The Labute approximate surface area is 147 Å². The average Bonchev–Trinajstić information content (AvgIpc) is 2.66. The van der Waals surface area contributed by atoms with Crippen LogP contribution < -0.4 is 0 Å². The van der Waals surface area contributed by atoms with E-state index < -0.39 is 11.9 Å². The highest BCUT2D eigenvalue weighted by atomic mass is 16.6. The predicted octanol–water partition coefficient (Wildman–Crippen LogP) is 4.58. The fraction of sp³-hybridized carbons (Fsp3) is 0.125. The fourth-order valence-electron chi connectivity index (χ4n) is 1.87. The molecule has 0 unspecified atom stereocenters. The molecule has 0 aliphatic heterocycles. The Hall–Kier alpha value is -4.00. The molecule has 0 aliphatic carbocycles. The monoisotopic (exact) mass is 352 g/mol. The van der Waals surface area contributed by atoms with Gasteiger partial charge in [-0.1, -0.05) is 34.5 Å². The normalized spacial score (nSPS) is 9.38. The van der Waals surface area contributed by atoms with E-state index in [1.807, 2.05) is 0 Å². The topological polar surface area (TPSA) is 150 Å². The van der Waals surface area contributed by atoms with E-state index in [0.717, 1.165) is 0 Å². The summed E-state index contributed by atoms with van der Waals surface area (Å²) in [4.78, 5) is 28.9. The maximum atomic E-state index is 11.8. The van der Waals surface area contributed by atoms with Crippen molar-refractivity contribution in [3.63, 3.8) is 0 Å². The SMILES string of the molecule is [N-]=[N+]=Nc1ccc(C(=O)OCCOC(=O)c2ccc(N=[N+]=[N-])cc2)cc1. The van der Waals surface area contributed by atoms with E-state index in [1.165, 1.54) is 48.5 Å². The number of rotatable bonds is 7. The highest BCUT2D eigenvalue weighted by molar-refractivity contribution is 5.90. The zero-order chi connectivity index (χ0) is 18.8. The molecule has 0 fully saturated rings. The molecule has 0 heterocycles. The molecule has 0 aromatic heterocycles. The lowest BCUT2D eigenvalue weighted by Gasteiger charge is -2.07. The Bertz CT molecular complexity index is 806. The molecule has 2 aromatic carbocycles. The average molecular weight is 352 g/mol. The summed E-state index contributed by atoms with van der Waals surface area (Å²) in [5, 5.41) is 6.79. The van der Waals surface area contributed by atoms with Crippen LogP contribution in [0.25, 0.3) is 20.9 Å². The summed E-state index contributed by atoms with van der Waals surface area (Å²) >= 11 is 0. The maximum absolute atomic E-state index is 11.8. The van der Waals surface area contributed by atoms with E-state index in [2.05, 4.69) is 20.1 Å². The lowest BCUT2D eigenvalue weighted by molar-refractivity contribution is 0.0265. The molecular formula is C16H12N6O4. The highest BCUT2D eigenvalue weighted by Gasteiger charge is 2.09. The van der Waals surface area contributed by atoms with Gasteiger partial charge >= 0.3 is 11.9 Å². The smallest absolute Gasteiger partial charge is 0.338 e. The summed E-state index contributed by atoms with van der Waals surface area (Å²) < 4.78 is 9.98. The van der Waals surface area contributed by atoms with Gasteiger partial charge in [-0.2, -0.15) is 0 Å². The number of ether oxygens (including phenoxy) is 2. The second kappa shape index (κ2) is 9.33. The number of esters is 2. The van der Waals surface area contributed by atoms with Crippen molar-refractivity contribution >= 4 is 23.3 Å². The predicted molar refractivity (Wildman–Crippen MR) is 91.1 cm³/mol. The first-order valence-corrected chi connectivity index (χ1v) is 7.28. The van der Waals surface area contributed by atoms with Gasteiger partial charge in [0.25, 0.3) is 0 Å². The molecule has 0 radical (unpaired) electrons. The number of hydrogen-bond acceptors (Lipinski definition) is 6. The molecular weight excluding hydrogens is 340 g/mol. The van der Waals surface area contributed by atoms with Crippen LogP contribution in [0, 0.1) is 0 Å². The standard InChI is InChI=1S/C16H12N6O4/c17-21-19-13-5-1-11(2-6-13)15(23)25-9-10-26-16(24)12-3-7-14(8-4-12)20-22-18/h1-8H,9-10H2. The van der Waals surface area contributed by atoms with Gasteiger partial charge in [0, 0.05) is 21.2 Å². The van der Waals surface area contributed by atoms with Crippen molar-refractivity contribution in [3.05, 3.63) is 80.5 Å². The molecule has 26 heavy (non-hydrogen) atoms. The maximum Gasteiger partial charge on any atom is 0.338 e. The third-order valence-electron chi connectivity index (χ3n) is 3.08. The lowest BCUT2D eigenvalue weighted by Crippen LogP contribution is -2.14. The minimum atomic E-state index is -0.591. The van der Waals surface area contributed by atoms with Crippen LogP contribution in [0.4, 0.5) is 11.4 Å². The van der Waals surface area contributed by atoms with Gasteiger partial charge in [0.05, 0.1) is 11.1 Å². The summed E-state index contributed by atoms with van der Waals surface area (Å²) in [6.45, 7) is -0.223. The molecule has 0 saturated carbocycles. The van der Waals surface area contributed by atoms with Crippen molar-refractivity contribution in [1.82, 2.24) is 0 Å². The number of carbonyl (C=O) groups excluding carboxylic acids is 2. The van der Waals surface area contributed by atoms with Gasteiger partial charge < -0.3 is 9.47 Å². The van der Waals surface area contributed by atoms with Crippen LogP contribution in [0.15, 0.2) is 58.8 Å². The van der Waals surface area contributed by atoms with Gasteiger partial charge in [0.1, 0.15) is 13.2 Å². The van der Waals surface area contributed by atoms with E-state index >= 15 is 0 Å². The molecule has 10 nitrogen and oxygen atoms in total. The van der Waals surface area contributed by atoms with Crippen LogP contribution in [0.2, 0.25) is 0 Å².